The first-order valence-electron chi connectivity index (χ1n) is 16.6. The summed E-state index contributed by atoms with van der Waals surface area (Å²) < 4.78 is 0. The highest BCUT2D eigenvalue weighted by atomic mass is 16.4. The lowest BCUT2D eigenvalue weighted by atomic mass is 10.1. The summed E-state index contributed by atoms with van der Waals surface area (Å²) in [6.45, 7) is 13.2. The van der Waals surface area contributed by atoms with Gasteiger partial charge in [-0.2, -0.15) is 0 Å². The Morgan fingerprint density at radius 2 is 0.667 bits per heavy atom. The third-order valence-electron chi connectivity index (χ3n) is 7.23. The summed E-state index contributed by atoms with van der Waals surface area (Å²) in [7, 11) is 0. The molecule has 3 nitrogen and oxygen atoms in total. The number of carbonyl (C=O) groups is 1. The zero-order chi connectivity index (χ0) is 27.0. The molecule has 0 aliphatic rings. The third kappa shape index (κ3) is 35.6. The molecule has 0 aliphatic heterocycles. The summed E-state index contributed by atoms with van der Waals surface area (Å²) in [4.78, 5) is 12.9. The first-order valence-corrected chi connectivity index (χ1v) is 16.6. The second kappa shape index (κ2) is 34.4. The highest BCUT2D eigenvalue weighted by molar-refractivity contribution is 5.66. The molecule has 0 aromatic carbocycles. The summed E-state index contributed by atoms with van der Waals surface area (Å²) in [6.07, 6.45) is 33.0. The molecule has 3 heteroatoms. The van der Waals surface area contributed by atoms with Gasteiger partial charge in [-0.25, -0.2) is 0 Å². The Morgan fingerprint density at radius 3 is 0.944 bits per heavy atom. The molecule has 0 heterocycles. The van der Waals surface area contributed by atoms with E-state index < -0.39 is 5.97 Å². The zero-order valence-electron chi connectivity index (χ0n) is 25.6. The molecule has 0 spiro atoms. The summed E-state index contributed by atoms with van der Waals surface area (Å²) >= 11 is 0. The van der Waals surface area contributed by atoms with Crippen molar-refractivity contribution in [2.45, 2.75) is 188 Å². The average Bonchev–Trinajstić information content (AvgIpc) is 2.87. The highest BCUT2D eigenvalue weighted by Gasteiger charge is 2.05. The Balaban J connectivity index is 0. The van der Waals surface area contributed by atoms with Crippen molar-refractivity contribution in [1.82, 2.24) is 4.90 Å². The van der Waals surface area contributed by atoms with Crippen LogP contribution in [0.15, 0.2) is 0 Å². The van der Waals surface area contributed by atoms with Crippen LogP contribution in [0.25, 0.3) is 0 Å². The van der Waals surface area contributed by atoms with Crippen molar-refractivity contribution in [1.29, 1.82) is 0 Å². The van der Waals surface area contributed by atoms with Crippen molar-refractivity contribution >= 4 is 5.97 Å². The molecular weight excluding hydrogens is 442 g/mol. The first-order chi connectivity index (χ1) is 17.6. The molecule has 1 N–H and O–H groups in total. The lowest BCUT2D eigenvalue weighted by Crippen LogP contribution is -2.27. The predicted octanol–water partition coefficient (Wildman–Crippen LogP) is 11.2. The number of unbranched alkanes of at least 4 members (excludes halogenated alkanes) is 20. The van der Waals surface area contributed by atoms with Crippen molar-refractivity contribution < 1.29 is 9.90 Å². The summed E-state index contributed by atoms with van der Waals surface area (Å²) in [6, 6.07) is 0. The molecule has 0 saturated heterocycles. The Hall–Kier alpha value is -0.570. The van der Waals surface area contributed by atoms with Gasteiger partial charge < -0.3 is 10.0 Å². The van der Waals surface area contributed by atoms with Gasteiger partial charge in [0.2, 0.25) is 0 Å². The minimum absolute atomic E-state index is 0.339. The number of nitrogens with zero attached hydrogens (tertiary/aromatic N) is 1. The van der Waals surface area contributed by atoms with E-state index >= 15 is 0 Å². The molecule has 0 bridgehead atoms. The van der Waals surface area contributed by atoms with Gasteiger partial charge in [-0.1, -0.05) is 156 Å². The van der Waals surface area contributed by atoms with Crippen LogP contribution in [-0.4, -0.2) is 35.6 Å². The van der Waals surface area contributed by atoms with E-state index in [2.05, 4.69) is 32.6 Å². The van der Waals surface area contributed by atoms with Crippen molar-refractivity contribution in [3.05, 3.63) is 0 Å². The van der Waals surface area contributed by atoms with Crippen molar-refractivity contribution in [2.75, 3.05) is 19.6 Å². The van der Waals surface area contributed by atoms with Crippen LogP contribution < -0.4 is 0 Å². The molecule has 0 unspecified atom stereocenters. The number of carboxylic acid groups (broad SMARTS) is 1. The van der Waals surface area contributed by atoms with E-state index in [1.54, 1.807) is 0 Å². The number of rotatable bonds is 28. The molecule has 0 aliphatic carbocycles. The number of aliphatic carboxylic acids is 1. The zero-order valence-corrected chi connectivity index (χ0v) is 25.6. The van der Waals surface area contributed by atoms with Gasteiger partial charge in [0, 0.05) is 6.42 Å². The Morgan fingerprint density at radius 1 is 0.417 bits per heavy atom. The molecule has 36 heavy (non-hydrogen) atoms. The van der Waals surface area contributed by atoms with Crippen LogP contribution in [0.4, 0.5) is 0 Å². The van der Waals surface area contributed by atoms with Crippen LogP contribution in [0, 0.1) is 0 Å². The standard InChI is InChI=1S/C24H51N.C9H18O2/c1-4-7-10-13-16-19-22-25(23-20-17-14-11-8-5-2)24-21-18-15-12-9-6-3;1-2-3-4-5-6-7-8-9(10)11/h4-24H2,1-3H3;2-8H2,1H3,(H,10,11). The molecule has 218 valence electrons. The number of hydrogen-bond acceptors (Lipinski definition) is 2. The van der Waals surface area contributed by atoms with Crippen LogP contribution in [0.2, 0.25) is 0 Å². The van der Waals surface area contributed by atoms with Crippen LogP contribution in [-0.2, 0) is 4.79 Å². The maximum absolute atomic E-state index is 10.1. The first kappa shape index (κ1) is 37.6. The van der Waals surface area contributed by atoms with Crippen LogP contribution in [0.1, 0.15) is 188 Å². The molecule has 0 aromatic heterocycles. The Labute approximate surface area is 228 Å². The van der Waals surface area contributed by atoms with Gasteiger partial charge in [-0.15, -0.1) is 0 Å². The molecular formula is C33H69NO2. The highest BCUT2D eigenvalue weighted by Crippen LogP contribution is 2.11. The van der Waals surface area contributed by atoms with E-state index in [1.165, 1.54) is 161 Å². The third-order valence-corrected chi connectivity index (χ3v) is 7.23. The average molecular weight is 512 g/mol. The lowest BCUT2D eigenvalue weighted by Gasteiger charge is -2.22. The topological polar surface area (TPSA) is 40.5 Å². The van der Waals surface area contributed by atoms with Crippen molar-refractivity contribution in [2.24, 2.45) is 0 Å². The van der Waals surface area contributed by atoms with E-state index in [1.807, 2.05) is 0 Å². The minimum Gasteiger partial charge on any atom is -0.481 e. The summed E-state index contributed by atoms with van der Waals surface area (Å²) in [5.74, 6) is -0.666. The van der Waals surface area contributed by atoms with Gasteiger partial charge in [0.25, 0.3) is 0 Å². The number of carboxylic acids is 1. The van der Waals surface area contributed by atoms with E-state index in [0.717, 1.165) is 12.8 Å². The lowest BCUT2D eigenvalue weighted by molar-refractivity contribution is -0.137. The second-order valence-corrected chi connectivity index (χ2v) is 11.1. The predicted molar refractivity (Wildman–Crippen MR) is 162 cm³/mol. The molecule has 0 rings (SSSR count). The summed E-state index contributed by atoms with van der Waals surface area (Å²) in [5.41, 5.74) is 0. The van der Waals surface area contributed by atoms with E-state index in [0.29, 0.717) is 6.42 Å². The largest absolute Gasteiger partial charge is 0.481 e. The van der Waals surface area contributed by atoms with E-state index in [9.17, 15) is 4.79 Å². The second-order valence-electron chi connectivity index (χ2n) is 11.1. The van der Waals surface area contributed by atoms with Crippen LogP contribution in [0.3, 0.4) is 0 Å². The van der Waals surface area contributed by atoms with Gasteiger partial charge in [-0.3, -0.25) is 4.79 Å². The van der Waals surface area contributed by atoms with Gasteiger partial charge in [-0.05, 0) is 45.3 Å². The fourth-order valence-corrected chi connectivity index (χ4v) is 4.74. The maximum Gasteiger partial charge on any atom is 0.303 e. The van der Waals surface area contributed by atoms with Gasteiger partial charge in [0.05, 0.1) is 0 Å². The quantitative estimate of drug-likeness (QED) is 0.106. The number of hydrogen-bond donors (Lipinski definition) is 1. The van der Waals surface area contributed by atoms with Gasteiger partial charge in [0.1, 0.15) is 0 Å². The van der Waals surface area contributed by atoms with Gasteiger partial charge in [0.15, 0.2) is 0 Å². The van der Waals surface area contributed by atoms with Crippen LogP contribution >= 0.6 is 0 Å². The fraction of sp³-hybridized carbons (Fsp3) is 0.970. The monoisotopic (exact) mass is 512 g/mol. The van der Waals surface area contributed by atoms with E-state index in [4.69, 9.17) is 5.11 Å². The van der Waals surface area contributed by atoms with Crippen molar-refractivity contribution in [3.8, 4) is 0 Å². The molecule has 0 atom stereocenters. The summed E-state index contributed by atoms with van der Waals surface area (Å²) in [5, 5.41) is 8.32. The fourth-order valence-electron chi connectivity index (χ4n) is 4.74. The smallest absolute Gasteiger partial charge is 0.303 e. The van der Waals surface area contributed by atoms with E-state index in [-0.39, 0.29) is 0 Å². The molecule has 0 aromatic rings. The minimum atomic E-state index is -0.666. The molecule has 0 amide bonds. The molecule has 0 fully saturated rings. The molecule has 0 radical (unpaired) electrons. The maximum atomic E-state index is 10.1. The van der Waals surface area contributed by atoms with Crippen LogP contribution in [0.5, 0.6) is 0 Å². The van der Waals surface area contributed by atoms with Gasteiger partial charge >= 0.3 is 5.97 Å². The Kier molecular flexibility index (Phi) is 35.9. The molecule has 0 saturated carbocycles. The normalized spacial score (nSPS) is 11.0. The Bertz CT molecular complexity index is 361. The SMILES string of the molecule is CCCCCCCCC(=O)O.CCCCCCCCN(CCCCCCCC)CCCCCCCC. The van der Waals surface area contributed by atoms with Crippen molar-refractivity contribution in [3.63, 3.8) is 0 Å².